The van der Waals surface area contributed by atoms with E-state index in [0.717, 1.165) is 18.2 Å². The summed E-state index contributed by atoms with van der Waals surface area (Å²) >= 11 is 6.02. The molecule has 10 nitrogen and oxygen atoms in total. The highest BCUT2D eigenvalue weighted by molar-refractivity contribution is 6.31. The lowest BCUT2D eigenvalue weighted by molar-refractivity contribution is -0.394. The fourth-order valence-corrected chi connectivity index (χ4v) is 2.90. The normalized spacial score (nSPS) is 10.6. The van der Waals surface area contributed by atoms with Gasteiger partial charge in [0.15, 0.2) is 5.82 Å². The molecule has 0 bridgehead atoms. The maximum atomic E-state index is 13.2. The van der Waals surface area contributed by atoms with Gasteiger partial charge in [0, 0.05) is 28.9 Å². The molecule has 0 radical (unpaired) electrons. The molecule has 1 amide bonds. The van der Waals surface area contributed by atoms with Gasteiger partial charge in [-0.2, -0.15) is 5.10 Å². The number of hydrogen-bond acceptors (Lipinski definition) is 6. The van der Waals surface area contributed by atoms with Crippen LogP contribution in [-0.4, -0.2) is 25.5 Å². The number of nitro benzene ring substituents is 2. The molecule has 154 valence electrons. The Morgan fingerprint density at radius 1 is 1.13 bits per heavy atom. The lowest BCUT2D eigenvalue weighted by Gasteiger charge is -2.07. The Balaban J connectivity index is 1.83. The van der Waals surface area contributed by atoms with Crippen molar-refractivity contribution in [3.05, 3.63) is 90.4 Å². The maximum absolute atomic E-state index is 13.2. The number of aryl methyl sites for hydroxylation is 1. The molecule has 1 aromatic heterocycles. The van der Waals surface area contributed by atoms with Gasteiger partial charge in [-0.25, -0.2) is 4.39 Å². The zero-order valence-corrected chi connectivity index (χ0v) is 16.1. The summed E-state index contributed by atoms with van der Waals surface area (Å²) in [6.07, 6.45) is 0. The average Bonchev–Trinajstić information content (AvgIpc) is 3.02. The topological polar surface area (TPSA) is 133 Å². The minimum Gasteiger partial charge on any atom is -0.305 e. The zero-order chi connectivity index (χ0) is 22.0. The van der Waals surface area contributed by atoms with Gasteiger partial charge < -0.3 is 5.32 Å². The van der Waals surface area contributed by atoms with Gasteiger partial charge in [0.05, 0.1) is 28.0 Å². The molecule has 0 aliphatic carbocycles. The van der Waals surface area contributed by atoms with Crippen LogP contribution in [0.5, 0.6) is 0 Å². The van der Waals surface area contributed by atoms with E-state index in [9.17, 15) is 29.4 Å². The predicted octanol–water partition coefficient (Wildman–Crippen LogP) is 4.10. The largest absolute Gasteiger partial charge is 0.305 e. The van der Waals surface area contributed by atoms with Crippen molar-refractivity contribution >= 4 is 34.7 Å². The van der Waals surface area contributed by atoms with Crippen LogP contribution >= 0.6 is 11.6 Å². The Kier molecular flexibility index (Phi) is 5.74. The van der Waals surface area contributed by atoms with Crippen molar-refractivity contribution in [1.29, 1.82) is 0 Å². The van der Waals surface area contributed by atoms with E-state index in [1.807, 2.05) is 0 Å². The number of non-ortho nitro benzene ring substituents is 2. The van der Waals surface area contributed by atoms with Crippen LogP contribution < -0.4 is 5.32 Å². The quantitative estimate of drug-likeness (QED) is 0.459. The van der Waals surface area contributed by atoms with Crippen LogP contribution in [0.3, 0.4) is 0 Å². The summed E-state index contributed by atoms with van der Waals surface area (Å²) in [5, 5.41) is 28.8. The smallest absolute Gasteiger partial charge is 0.277 e. The molecule has 3 rings (SSSR count). The number of nitro groups is 2. The number of nitrogens with zero attached hydrogens (tertiary/aromatic N) is 4. The molecule has 0 saturated heterocycles. The van der Waals surface area contributed by atoms with Crippen molar-refractivity contribution < 1.29 is 19.0 Å². The highest BCUT2D eigenvalue weighted by Crippen LogP contribution is 2.24. The van der Waals surface area contributed by atoms with Crippen LogP contribution in [0, 0.1) is 33.0 Å². The zero-order valence-electron chi connectivity index (χ0n) is 15.3. The second kappa shape index (κ2) is 8.25. The molecule has 0 aliphatic heterocycles. The minimum absolute atomic E-state index is 0.130. The van der Waals surface area contributed by atoms with Crippen LogP contribution in [0.15, 0.2) is 42.5 Å². The van der Waals surface area contributed by atoms with Crippen LogP contribution in [-0.2, 0) is 6.54 Å². The number of anilines is 1. The second-order valence-corrected chi connectivity index (χ2v) is 6.68. The number of nitrogens with one attached hydrogen (secondary N) is 1. The molecule has 0 saturated carbocycles. The van der Waals surface area contributed by atoms with Crippen molar-refractivity contribution in [1.82, 2.24) is 9.78 Å². The van der Waals surface area contributed by atoms with Crippen LogP contribution in [0.25, 0.3) is 0 Å². The Bertz CT molecular complexity index is 1150. The van der Waals surface area contributed by atoms with E-state index < -0.39 is 32.9 Å². The predicted molar refractivity (Wildman–Crippen MR) is 105 cm³/mol. The van der Waals surface area contributed by atoms with Gasteiger partial charge in [0.2, 0.25) is 0 Å². The van der Waals surface area contributed by atoms with Gasteiger partial charge >= 0.3 is 0 Å². The van der Waals surface area contributed by atoms with E-state index in [0.29, 0.717) is 11.3 Å². The van der Waals surface area contributed by atoms with Gasteiger partial charge in [-0.3, -0.25) is 29.7 Å². The fraction of sp³-hybridized carbons (Fsp3) is 0.111. The van der Waals surface area contributed by atoms with E-state index in [1.54, 1.807) is 13.0 Å². The Morgan fingerprint density at radius 3 is 2.33 bits per heavy atom. The van der Waals surface area contributed by atoms with Crippen molar-refractivity contribution in [3.8, 4) is 0 Å². The Labute approximate surface area is 173 Å². The lowest BCUT2D eigenvalue weighted by atomic mass is 10.1. The molecule has 12 heteroatoms. The lowest BCUT2D eigenvalue weighted by Crippen LogP contribution is -2.13. The SMILES string of the molecule is Cc1cc(NC(=O)c2cc([N+](=O)[O-])cc([N+](=O)[O-])c2)nn1Cc1ccc(F)cc1Cl. The first-order valence-electron chi connectivity index (χ1n) is 8.37. The van der Waals surface area contributed by atoms with Crippen molar-refractivity contribution in [3.63, 3.8) is 0 Å². The van der Waals surface area contributed by atoms with Crippen LogP contribution in [0.2, 0.25) is 5.02 Å². The van der Waals surface area contributed by atoms with E-state index in [-0.39, 0.29) is 22.9 Å². The molecule has 0 aliphatic rings. The molecular formula is C18H13ClFN5O5. The van der Waals surface area contributed by atoms with Gasteiger partial charge in [-0.15, -0.1) is 0 Å². The molecule has 30 heavy (non-hydrogen) atoms. The summed E-state index contributed by atoms with van der Waals surface area (Å²) in [5.41, 5.74) is -0.166. The van der Waals surface area contributed by atoms with E-state index in [1.165, 1.54) is 22.9 Å². The number of halogens is 2. The minimum atomic E-state index is -0.824. The summed E-state index contributed by atoms with van der Waals surface area (Å²) in [6, 6.07) is 8.13. The third-order valence-corrected chi connectivity index (χ3v) is 4.50. The number of hydrogen-bond donors (Lipinski definition) is 1. The van der Waals surface area contributed by atoms with Crippen molar-refractivity contribution in [2.24, 2.45) is 0 Å². The number of amides is 1. The Hall–Kier alpha value is -3.86. The van der Waals surface area contributed by atoms with Gasteiger partial charge in [-0.05, 0) is 24.6 Å². The number of aromatic nitrogens is 2. The first-order valence-corrected chi connectivity index (χ1v) is 8.75. The van der Waals surface area contributed by atoms with E-state index in [4.69, 9.17) is 11.6 Å². The van der Waals surface area contributed by atoms with Crippen molar-refractivity contribution in [2.45, 2.75) is 13.5 Å². The number of benzene rings is 2. The first kappa shape index (κ1) is 20.9. The molecule has 0 unspecified atom stereocenters. The standard InChI is InChI=1S/C18H13ClFN5O5/c1-10-4-17(22-23(10)9-11-2-3-13(20)7-16(11)19)21-18(26)12-5-14(24(27)28)8-15(6-12)25(29)30/h2-8H,9H2,1H3,(H,21,22,26). The highest BCUT2D eigenvalue weighted by Gasteiger charge is 2.20. The first-order chi connectivity index (χ1) is 14.1. The number of rotatable bonds is 6. The van der Waals surface area contributed by atoms with Crippen LogP contribution in [0.4, 0.5) is 21.6 Å². The van der Waals surface area contributed by atoms with Crippen LogP contribution in [0.1, 0.15) is 21.6 Å². The van der Waals surface area contributed by atoms with Gasteiger partial charge in [0.1, 0.15) is 5.82 Å². The molecule has 1 N–H and O–H groups in total. The summed E-state index contributed by atoms with van der Waals surface area (Å²) in [6.45, 7) is 1.93. The van der Waals surface area contributed by atoms with E-state index in [2.05, 4.69) is 10.4 Å². The highest BCUT2D eigenvalue weighted by atomic mass is 35.5. The molecule has 3 aromatic rings. The molecular weight excluding hydrogens is 421 g/mol. The third-order valence-electron chi connectivity index (χ3n) is 4.14. The Morgan fingerprint density at radius 2 is 1.77 bits per heavy atom. The third kappa shape index (κ3) is 4.58. The molecule has 2 aromatic carbocycles. The second-order valence-electron chi connectivity index (χ2n) is 6.27. The molecule has 1 heterocycles. The summed E-state index contributed by atoms with van der Waals surface area (Å²) in [7, 11) is 0. The monoisotopic (exact) mass is 433 g/mol. The van der Waals surface area contributed by atoms with Crippen molar-refractivity contribution in [2.75, 3.05) is 5.32 Å². The maximum Gasteiger partial charge on any atom is 0.277 e. The average molecular weight is 434 g/mol. The van der Waals surface area contributed by atoms with Gasteiger partial charge in [0.25, 0.3) is 17.3 Å². The molecule has 0 atom stereocenters. The molecule has 0 fully saturated rings. The summed E-state index contributed by atoms with van der Waals surface area (Å²) < 4.78 is 14.7. The summed E-state index contributed by atoms with van der Waals surface area (Å²) in [4.78, 5) is 32.8. The summed E-state index contributed by atoms with van der Waals surface area (Å²) in [5.74, 6) is -1.14. The number of carbonyl (C=O) groups excluding carboxylic acids is 1. The number of carbonyl (C=O) groups is 1. The molecule has 0 spiro atoms. The fourth-order valence-electron chi connectivity index (χ4n) is 2.67. The van der Waals surface area contributed by atoms with Gasteiger partial charge in [-0.1, -0.05) is 17.7 Å². The van der Waals surface area contributed by atoms with E-state index >= 15 is 0 Å².